The second-order valence-electron chi connectivity index (χ2n) is 4.67. The van der Waals surface area contributed by atoms with E-state index in [0.717, 1.165) is 29.7 Å². The quantitative estimate of drug-likeness (QED) is 0.850. The van der Waals surface area contributed by atoms with Gasteiger partial charge in [0.05, 0.1) is 6.54 Å². The third-order valence-electron chi connectivity index (χ3n) is 3.62. The molecule has 0 radical (unpaired) electrons. The molecule has 3 heteroatoms. The summed E-state index contributed by atoms with van der Waals surface area (Å²) >= 11 is 0. The van der Waals surface area contributed by atoms with Crippen LogP contribution >= 0.6 is 0 Å². The van der Waals surface area contributed by atoms with Gasteiger partial charge in [-0.15, -0.1) is 0 Å². The second-order valence-corrected chi connectivity index (χ2v) is 4.67. The predicted molar refractivity (Wildman–Crippen MR) is 65.1 cm³/mol. The van der Waals surface area contributed by atoms with Crippen LogP contribution in [0.25, 0.3) is 0 Å². The van der Waals surface area contributed by atoms with E-state index in [2.05, 4.69) is 17.9 Å². The van der Waals surface area contributed by atoms with Crippen LogP contribution in [0.4, 0.5) is 0 Å². The van der Waals surface area contributed by atoms with Crippen LogP contribution in [0.1, 0.15) is 43.3 Å². The highest BCUT2D eigenvalue weighted by Crippen LogP contribution is 2.24. The van der Waals surface area contributed by atoms with Gasteiger partial charge in [0, 0.05) is 18.2 Å². The van der Waals surface area contributed by atoms with Gasteiger partial charge in [-0.25, -0.2) is 0 Å². The van der Waals surface area contributed by atoms with Crippen molar-refractivity contribution in [1.82, 2.24) is 4.90 Å². The summed E-state index contributed by atoms with van der Waals surface area (Å²) in [7, 11) is 0. The molecule has 1 aliphatic heterocycles. The van der Waals surface area contributed by atoms with Crippen molar-refractivity contribution in [3.8, 4) is 0 Å². The first-order chi connectivity index (χ1) is 7.74. The Morgan fingerprint density at radius 1 is 1.56 bits per heavy atom. The van der Waals surface area contributed by atoms with E-state index >= 15 is 0 Å². The van der Waals surface area contributed by atoms with Gasteiger partial charge in [0.2, 0.25) is 0 Å². The fourth-order valence-corrected chi connectivity index (χ4v) is 2.63. The molecule has 0 aromatic carbocycles. The average molecular weight is 222 g/mol. The Labute approximate surface area is 97.6 Å². The maximum atomic E-state index is 5.74. The van der Waals surface area contributed by atoms with Gasteiger partial charge in [-0.05, 0) is 38.8 Å². The van der Waals surface area contributed by atoms with Gasteiger partial charge in [0.25, 0.3) is 0 Å². The third-order valence-corrected chi connectivity index (χ3v) is 3.62. The minimum Gasteiger partial charge on any atom is -0.465 e. The minimum atomic E-state index is 0.576. The number of likely N-dealkylation sites (tertiary alicyclic amines) is 1. The molecule has 1 atom stereocenters. The van der Waals surface area contributed by atoms with Crippen molar-refractivity contribution in [2.75, 3.05) is 6.54 Å². The minimum absolute atomic E-state index is 0.576. The molecule has 0 bridgehead atoms. The third kappa shape index (κ3) is 2.30. The highest BCUT2D eigenvalue weighted by atomic mass is 16.3. The molecule has 2 N–H and O–H groups in total. The second kappa shape index (κ2) is 5.02. The standard InChI is InChI=1S/C13H22N2O/c1-3-12-5-4-6-15(12)9-13-7-11(8-14)10(2)16-13/h7,12H,3-6,8-9,14H2,1-2H3. The summed E-state index contributed by atoms with van der Waals surface area (Å²) in [6, 6.07) is 2.85. The molecule has 2 heterocycles. The number of nitrogens with zero attached hydrogens (tertiary/aromatic N) is 1. The lowest BCUT2D eigenvalue weighted by molar-refractivity contribution is 0.220. The highest BCUT2D eigenvalue weighted by molar-refractivity contribution is 5.20. The van der Waals surface area contributed by atoms with Crippen molar-refractivity contribution in [2.45, 2.75) is 52.2 Å². The molecule has 0 aliphatic carbocycles. The van der Waals surface area contributed by atoms with Crippen LogP contribution in [0.5, 0.6) is 0 Å². The van der Waals surface area contributed by atoms with Crippen LogP contribution in [-0.2, 0) is 13.1 Å². The molecule has 16 heavy (non-hydrogen) atoms. The zero-order chi connectivity index (χ0) is 11.5. The van der Waals surface area contributed by atoms with E-state index in [0.29, 0.717) is 6.54 Å². The number of hydrogen-bond acceptors (Lipinski definition) is 3. The van der Waals surface area contributed by atoms with Crippen LogP contribution in [0.15, 0.2) is 10.5 Å². The molecule has 90 valence electrons. The average Bonchev–Trinajstić information content (AvgIpc) is 2.85. The van der Waals surface area contributed by atoms with E-state index in [-0.39, 0.29) is 0 Å². The van der Waals surface area contributed by atoms with Crippen molar-refractivity contribution < 1.29 is 4.42 Å². The van der Waals surface area contributed by atoms with E-state index in [4.69, 9.17) is 10.2 Å². The normalized spacial score (nSPS) is 21.8. The molecule has 0 saturated carbocycles. The zero-order valence-corrected chi connectivity index (χ0v) is 10.3. The summed E-state index contributed by atoms with van der Waals surface area (Å²) in [5, 5.41) is 0. The Hall–Kier alpha value is -0.800. The molecule has 1 saturated heterocycles. The van der Waals surface area contributed by atoms with Crippen molar-refractivity contribution in [2.24, 2.45) is 5.73 Å². The molecule has 0 spiro atoms. The molecule has 1 fully saturated rings. The zero-order valence-electron chi connectivity index (χ0n) is 10.3. The summed E-state index contributed by atoms with van der Waals surface area (Å²) in [6.45, 7) is 6.98. The Morgan fingerprint density at radius 2 is 2.38 bits per heavy atom. The van der Waals surface area contributed by atoms with Crippen LogP contribution in [-0.4, -0.2) is 17.5 Å². The van der Waals surface area contributed by atoms with Gasteiger partial charge < -0.3 is 10.2 Å². The maximum absolute atomic E-state index is 5.74. The van der Waals surface area contributed by atoms with Gasteiger partial charge in [0.1, 0.15) is 11.5 Å². The maximum Gasteiger partial charge on any atom is 0.118 e. The lowest BCUT2D eigenvalue weighted by Gasteiger charge is -2.21. The Kier molecular flexibility index (Phi) is 3.66. The molecule has 1 aromatic heterocycles. The summed E-state index contributed by atoms with van der Waals surface area (Å²) in [4.78, 5) is 2.53. The largest absolute Gasteiger partial charge is 0.465 e. The molecular formula is C13H22N2O. The first kappa shape index (κ1) is 11.7. The topological polar surface area (TPSA) is 42.4 Å². The number of hydrogen-bond donors (Lipinski definition) is 1. The molecule has 1 aliphatic rings. The summed E-state index contributed by atoms with van der Waals surface area (Å²) in [6.07, 6.45) is 3.89. The van der Waals surface area contributed by atoms with Crippen LogP contribution in [0.2, 0.25) is 0 Å². The molecule has 0 amide bonds. The van der Waals surface area contributed by atoms with E-state index in [1.165, 1.54) is 25.8 Å². The summed E-state index contributed by atoms with van der Waals surface area (Å²) < 4.78 is 5.74. The summed E-state index contributed by atoms with van der Waals surface area (Å²) in [5.74, 6) is 2.04. The Morgan fingerprint density at radius 3 is 3.00 bits per heavy atom. The fraction of sp³-hybridized carbons (Fsp3) is 0.692. The number of nitrogens with two attached hydrogens (primary N) is 1. The molecular weight excluding hydrogens is 200 g/mol. The van der Waals surface area contributed by atoms with E-state index in [9.17, 15) is 0 Å². The predicted octanol–water partition coefficient (Wildman–Crippen LogP) is 2.42. The molecule has 2 rings (SSSR count). The first-order valence-corrected chi connectivity index (χ1v) is 6.27. The smallest absolute Gasteiger partial charge is 0.118 e. The van der Waals surface area contributed by atoms with Crippen molar-refractivity contribution >= 4 is 0 Å². The van der Waals surface area contributed by atoms with Gasteiger partial charge in [0.15, 0.2) is 0 Å². The van der Waals surface area contributed by atoms with Crippen molar-refractivity contribution in [3.05, 3.63) is 23.2 Å². The van der Waals surface area contributed by atoms with E-state index < -0.39 is 0 Å². The number of aryl methyl sites for hydroxylation is 1. The Balaban J connectivity index is 2.02. The molecule has 1 unspecified atom stereocenters. The van der Waals surface area contributed by atoms with Crippen molar-refractivity contribution in [1.29, 1.82) is 0 Å². The van der Waals surface area contributed by atoms with Gasteiger partial charge in [-0.2, -0.15) is 0 Å². The van der Waals surface area contributed by atoms with Gasteiger partial charge in [-0.3, -0.25) is 4.90 Å². The Bertz CT molecular complexity index is 346. The highest BCUT2D eigenvalue weighted by Gasteiger charge is 2.23. The fourth-order valence-electron chi connectivity index (χ4n) is 2.63. The summed E-state index contributed by atoms with van der Waals surface area (Å²) in [5.41, 5.74) is 6.79. The monoisotopic (exact) mass is 222 g/mol. The van der Waals surface area contributed by atoms with E-state index in [1.54, 1.807) is 0 Å². The molecule has 1 aromatic rings. The van der Waals surface area contributed by atoms with E-state index in [1.807, 2.05) is 6.92 Å². The number of rotatable bonds is 4. The van der Waals surface area contributed by atoms with Crippen LogP contribution in [0.3, 0.4) is 0 Å². The lowest BCUT2D eigenvalue weighted by Crippen LogP contribution is -2.27. The van der Waals surface area contributed by atoms with Crippen LogP contribution < -0.4 is 5.73 Å². The molecule has 3 nitrogen and oxygen atoms in total. The van der Waals surface area contributed by atoms with Crippen molar-refractivity contribution in [3.63, 3.8) is 0 Å². The SMILES string of the molecule is CCC1CCCN1Cc1cc(CN)c(C)o1. The van der Waals surface area contributed by atoms with Crippen LogP contribution in [0, 0.1) is 6.92 Å². The van der Waals surface area contributed by atoms with Gasteiger partial charge in [-0.1, -0.05) is 6.92 Å². The number of furan rings is 1. The van der Waals surface area contributed by atoms with Gasteiger partial charge >= 0.3 is 0 Å². The lowest BCUT2D eigenvalue weighted by atomic mass is 10.1. The first-order valence-electron chi connectivity index (χ1n) is 6.27.